The fourth-order valence-electron chi connectivity index (χ4n) is 4.57. The van der Waals surface area contributed by atoms with Gasteiger partial charge in [-0.05, 0) is 52.5 Å². The molecule has 36 heavy (non-hydrogen) atoms. The number of nitrogens with zero attached hydrogens (tertiary/aromatic N) is 5. The molecule has 0 bridgehead atoms. The maximum atomic E-state index is 12.8. The van der Waals surface area contributed by atoms with E-state index in [1.807, 2.05) is 66.1 Å². The Morgan fingerprint density at radius 1 is 1.25 bits per heavy atom. The summed E-state index contributed by atoms with van der Waals surface area (Å²) in [5.41, 5.74) is 4.44. The van der Waals surface area contributed by atoms with Crippen molar-refractivity contribution in [3.8, 4) is 0 Å². The van der Waals surface area contributed by atoms with Crippen LogP contribution in [0.15, 0.2) is 47.0 Å². The molecule has 1 aromatic carbocycles. The van der Waals surface area contributed by atoms with Gasteiger partial charge in [-0.25, -0.2) is 9.78 Å². The molecule has 0 amide bonds. The highest BCUT2D eigenvalue weighted by Crippen LogP contribution is 2.34. The van der Waals surface area contributed by atoms with E-state index in [9.17, 15) is 4.79 Å². The van der Waals surface area contributed by atoms with Gasteiger partial charge >= 0.3 is 5.97 Å². The zero-order chi connectivity index (χ0) is 26.2. The highest BCUT2D eigenvalue weighted by molar-refractivity contribution is 6.36. The normalized spacial score (nSPS) is 16.9. The van der Waals surface area contributed by atoms with Crippen LogP contribution in [0.25, 0.3) is 10.9 Å². The van der Waals surface area contributed by atoms with E-state index in [1.165, 1.54) is 5.69 Å². The van der Waals surface area contributed by atoms with Crippen LogP contribution >= 0.6 is 0 Å². The molecule has 1 atom stereocenters. The van der Waals surface area contributed by atoms with Gasteiger partial charge in [-0.1, -0.05) is 49.3 Å². The van der Waals surface area contributed by atoms with Crippen molar-refractivity contribution in [3.63, 3.8) is 0 Å². The Hall–Kier alpha value is -3.42. The van der Waals surface area contributed by atoms with Gasteiger partial charge < -0.3 is 18.8 Å². The highest BCUT2D eigenvalue weighted by atomic mass is 16.7. The van der Waals surface area contributed by atoms with E-state index in [-0.39, 0.29) is 17.7 Å². The molecule has 1 unspecified atom stereocenters. The van der Waals surface area contributed by atoms with Gasteiger partial charge in [0.05, 0.1) is 5.71 Å². The number of para-hydroxylation sites is 1. The van der Waals surface area contributed by atoms with E-state index in [1.54, 1.807) is 0 Å². The van der Waals surface area contributed by atoms with Crippen LogP contribution < -0.4 is 0 Å². The lowest BCUT2D eigenvalue weighted by Crippen LogP contribution is -2.23. The third-order valence-electron chi connectivity index (χ3n) is 6.35. The van der Waals surface area contributed by atoms with Crippen LogP contribution in [0, 0.1) is 12.8 Å². The number of aryl methyl sites for hydroxylation is 2. The zero-order valence-corrected chi connectivity index (χ0v) is 22.6. The smallest absolute Gasteiger partial charge is 0.383 e. The molecule has 1 aliphatic rings. The van der Waals surface area contributed by atoms with Gasteiger partial charge in [-0.3, -0.25) is 0 Å². The standard InChI is InChI=1S/C26H33N5O3.C2H6/c1-6-21(28-33-17(2)3)26(32)34-29-25-19(16-31-15-14-27-18(31)4)10-9-13-23-24(25)20-11-7-8-12-22(20)30(23)5;1-2/h7-8,11-12,14-15,17,19H,6,9-10,13,16H2,1-5H3;1-2H3/b28-21+,29-25+;. The van der Waals surface area contributed by atoms with Crippen molar-refractivity contribution in [2.75, 3.05) is 0 Å². The summed E-state index contributed by atoms with van der Waals surface area (Å²) in [7, 11) is 2.09. The van der Waals surface area contributed by atoms with E-state index >= 15 is 0 Å². The van der Waals surface area contributed by atoms with E-state index in [2.05, 4.69) is 43.6 Å². The average Bonchev–Trinajstić information content (AvgIpc) is 3.34. The van der Waals surface area contributed by atoms with E-state index in [4.69, 9.17) is 9.68 Å². The second kappa shape index (κ2) is 12.5. The van der Waals surface area contributed by atoms with Gasteiger partial charge in [0.1, 0.15) is 11.9 Å². The molecule has 0 aliphatic heterocycles. The lowest BCUT2D eigenvalue weighted by molar-refractivity contribution is -0.136. The molecule has 1 aliphatic carbocycles. The van der Waals surface area contributed by atoms with Crippen molar-refractivity contribution in [3.05, 3.63) is 53.7 Å². The predicted octanol–water partition coefficient (Wildman–Crippen LogP) is 5.80. The summed E-state index contributed by atoms with van der Waals surface area (Å²) in [5.74, 6) is 0.436. The first kappa shape index (κ1) is 27.2. The number of hydrogen-bond donors (Lipinski definition) is 0. The third-order valence-corrected chi connectivity index (χ3v) is 6.35. The molecule has 0 fully saturated rings. The predicted molar refractivity (Wildman–Crippen MR) is 144 cm³/mol. The Balaban J connectivity index is 0.00000176. The second-order valence-electron chi connectivity index (χ2n) is 9.01. The number of aromatic nitrogens is 3. The fraction of sp³-hybridized carbons (Fsp3) is 0.500. The van der Waals surface area contributed by atoms with Crippen LogP contribution in [-0.4, -0.2) is 37.6 Å². The summed E-state index contributed by atoms with van der Waals surface area (Å²) in [6.45, 7) is 12.3. The molecular formula is C28H39N5O3. The van der Waals surface area contributed by atoms with Gasteiger partial charge in [-0.2, -0.15) is 0 Å². The molecule has 4 rings (SSSR count). The van der Waals surface area contributed by atoms with Crippen LogP contribution in [0.5, 0.6) is 0 Å². The van der Waals surface area contributed by atoms with Crippen molar-refractivity contribution in [2.45, 2.75) is 79.9 Å². The largest absolute Gasteiger partial charge is 0.393 e. The monoisotopic (exact) mass is 493 g/mol. The zero-order valence-electron chi connectivity index (χ0n) is 22.6. The van der Waals surface area contributed by atoms with Crippen molar-refractivity contribution in [1.29, 1.82) is 0 Å². The molecule has 0 N–H and O–H groups in total. The maximum Gasteiger partial charge on any atom is 0.383 e. The van der Waals surface area contributed by atoms with Crippen LogP contribution in [0.3, 0.4) is 0 Å². The second-order valence-corrected chi connectivity index (χ2v) is 9.01. The summed E-state index contributed by atoms with van der Waals surface area (Å²) in [4.78, 5) is 28.0. The summed E-state index contributed by atoms with van der Waals surface area (Å²) in [6, 6.07) is 8.32. The molecule has 0 saturated heterocycles. The van der Waals surface area contributed by atoms with E-state index < -0.39 is 5.97 Å². The summed E-state index contributed by atoms with van der Waals surface area (Å²) in [6.07, 6.45) is 6.96. The molecule has 3 aromatic rings. The summed E-state index contributed by atoms with van der Waals surface area (Å²) in [5, 5.41) is 9.61. The minimum atomic E-state index is -0.584. The number of hydrogen-bond acceptors (Lipinski definition) is 6. The average molecular weight is 494 g/mol. The Labute approximate surface area is 214 Å². The third kappa shape index (κ3) is 5.86. The lowest BCUT2D eigenvalue weighted by Gasteiger charge is -2.18. The Kier molecular flexibility index (Phi) is 9.44. The maximum absolute atomic E-state index is 12.8. The number of fused-ring (bicyclic) bond motifs is 3. The number of rotatable bonds is 7. The minimum Gasteiger partial charge on any atom is -0.393 e. The summed E-state index contributed by atoms with van der Waals surface area (Å²) >= 11 is 0. The Morgan fingerprint density at radius 2 is 2.00 bits per heavy atom. The van der Waals surface area contributed by atoms with Gasteiger partial charge in [0.2, 0.25) is 0 Å². The first-order valence-electron chi connectivity index (χ1n) is 13.0. The molecule has 2 heterocycles. The van der Waals surface area contributed by atoms with Crippen molar-refractivity contribution >= 4 is 28.3 Å². The van der Waals surface area contributed by atoms with E-state index in [0.29, 0.717) is 6.42 Å². The number of benzene rings is 1. The fourth-order valence-corrected chi connectivity index (χ4v) is 4.57. The van der Waals surface area contributed by atoms with Gasteiger partial charge in [0, 0.05) is 54.1 Å². The van der Waals surface area contributed by atoms with Crippen molar-refractivity contribution < 1.29 is 14.5 Å². The highest BCUT2D eigenvalue weighted by Gasteiger charge is 2.30. The molecule has 194 valence electrons. The van der Waals surface area contributed by atoms with Gasteiger partial charge in [0.25, 0.3) is 0 Å². The molecule has 8 heteroatoms. The molecule has 0 radical (unpaired) electrons. The van der Waals surface area contributed by atoms with Crippen LogP contribution in [0.2, 0.25) is 0 Å². The SMILES string of the molecule is CC.CC/C(=N\OC(C)C)C(=O)O/N=C1/c2c(n(C)c3ccccc23)CCCC1Cn1ccnc1C. The number of oxime groups is 2. The Morgan fingerprint density at radius 3 is 2.67 bits per heavy atom. The van der Waals surface area contributed by atoms with Crippen molar-refractivity contribution in [1.82, 2.24) is 14.1 Å². The first-order valence-corrected chi connectivity index (χ1v) is 13.0. The van der Waals surface area contributed by atoms with Crippen LogP contribution in [0.4, 0.5) is 0 Å². The molecule has 2 aromatic heterocycles. The Bertz CT molecular complexity index is 1240. The molecule has 0 spiro atoms. The first-order chi connectivity index (χ1) is 17.4. The molecular weight excluding hydrogens is 454 g/mol. The topological polar surface area (TPSA) is 83.0 Å². The van der Waals surface area contributed by atoms with Gasteiger partial charge in [-0.15, -0.1) is 0 Å². The molecule has 8 nitrogen and oxygen atoms in total. The lowest BCUT2D eigenvalue weighted by atomic mass is 9.94. The van der Waals surface area contributed by atoms with E-state index in [0.717, 1.165) is 53.8 Å². The number of imidazole rings is 1. The number of carbonyl (C=O) groups excluding carboxylic acids is 1. The number of carbonyl (C=O) groups is 1. The molecule has 0 saturated carbocycles. The quantitative estimate of drug-likeness (QED) is 0.180. The summed E-state index contributed by atoms with van der Waals surface area (Å²) < 4.78 is 4.37. The van der Waals surface area contributed by atoms with Crippen molar-refractivity contribution in [2.24, 2.45) is 23.3 Å². The van der Waals surface area contributed by atoms with Gasteiger partial charge in [0.15, 0.2) is 5.71 Å². The minimum absolute atomic E-state index is 0.0710. The van der Waals surface area contributed by atoms with Crippen LogP contribution in [-0.2, 0) is 34.5 Å². The van der Waals surface area contributed by atoms with Crippen LogP contribution in [0.1, 0.15) is 71.0 Å².